The van der Waals surface area contributed by atoms with E-state index in [0.29, 0.717) is 11.3 Å². The number of nitrogen functional groups attached to an aromatic ring is 1. The lowest BCUT2D eigenvalue weighted by atomic mass is 10.2. The minimum absolute atomic E-state index is 0.000532. The molecule has 0 radical (unpaired) electrons. The zero-order valence-corrected chi connectivity index (χ0v) is 12.0. The Morgan fingerprint density at radius 3 is 2.40 bits per heavy atom. The van der Waals surface area contributed by atoms with Gasteiger partial charge in [-0.15, -0.1) is 0 Å². The average Bonchev–Trinajstić information content (AvgIpc) is 2.36. The number of rotatable bonds is 3. The quantitative estimate of drug-likeness (QED) is 0.855. The summed E-state index contributed by atoms with van der Waals surface area (Å²) in [5.41, 5.74) is 7.47. The molecule has 0 unspecified atom stereocenters. The maximum atomic E-state index is 13.7. The van der Waals surface area contributed by atoms with Crippen LogP contribution in [0.3, 0.4) is 0 Å². The van der Waals surface area contributed by atoms with Gasteiger partial charge in [-0.05, 0) is 49.2 Å². The molecule has 0 heterocycles. The maximum Gasteiger partial charge on any atom is 0.262 e. The van der Waals surface area contributed by atoms with Crippen LogP contribution in [-0.2, 0) is 10.0 Å². The molecule has 0 aliphatic rings. The van der Waals surface area contributed by atoms with Gasteiger partial charge in [-0.3, -0.25) is 4.72 Å². The maximum absolute atomic E-state index is 13.7. The van der Waals surface area contributed by atoms with E-state index in [9.17, 15) is 12.8 Å². The fourth-order valence-corrected chi connectivity index (χ4v) is 2.79. The highest BCUT2D eigenvalue weighted by molar-refractivity contribution is 7.92. The van der Waals surface area contributed by atoms with Crippen molar-refractivity contribution in [3.63, 3.8) is 0 Å². The molecule has 0 spiro atoms. The van der Waals surface area contributed by atoms with Gasteiger partial charge in [0.25, 0.3) is 10.0 Å². The minimum atomic E-state index is -3.86. The van der Waals surface area contributed by atoms with Gasteiger partial charge in [-0.25, -0.2) is 12.8 Å². The van der Waals surface area contributed by atoms with Gasteiger partial charge < -0.3 is 5.73 Å². The van der Waals surface area contributed by atoms with Gasteiger partial charge >= 0.3 is 0 Å². The largest absolute Gasteiger partial charge is 0.398 e. The van der Waals surface area contributed by atoms with Crippen LogP contribution in [0.15, 0.2) is 41.3 Å². The molecule has 0 fully saturated rings. The SMILES string of the molecule is Cc1ccc(NS(=O)(=O)c2ccc(C)c(N)c2)c(F)c1. The molecule has 0 saturated carbocycles. The molecule has 2 aromatic carbocycles. The number of hydrogen-bond acceptors (Lipinski definition) is 3. The number of benzene rings is 2. The van der Waals surface area contributed by atoms with Crippen molar-refractivity contribution in [1.29, 1.82) is 0 Å². The van der Waals surface area contributed by atoms with Crippen LogP contribution in [-0.4, -0.2) is 8.42 Å². The Labute approximate surface area is 117 Å². The molecule has 0 atom stereocenters. The molecule has 20 heavy (non-hydrogen) atoms. The average molecular weight is 294 g/mol. The van der Waals surface area contributed by atoms with Crippen molar-refractivity contribution in [3.8, 4) is 0 Å². The highest BCUT2D eigenvalue weighted by atomic mass is 32.2. The first-order valence-electron chi connectivity index (χ1n) is 5.95. The Kier molecular flexibility index (Phi) is 3.67. The van der Waals surface area contributed by atoms with Crippen molar-refractivity contribution in [2.24, 2.45) is 0 Å². The Balaban J connectivity index is 2.38. The number of sulfonamides is 1. The van der Waals surface area contributed by atoms with E-state index in [2.05, 4.69) is 4.72 Å². The highest BCUT2D eigenvalue weighted by Gasteiger charge is 2.17. The molecule has 0 aromatic heterocycles. The fraction of sp³-hybridized carbons (Fsp3) is 0.143. The second kappa shape index (κ2) is 5.13. The summed E-state index contributed by atoms with van der Waals surface area (Å²) >= 11 is 0. The van der Waals surface area contributed by atoms with Crippen LogP contribution in [0.1, 0.15) is 11.1 Å². The summed E-state index contributed by atoms with van der Waals surface area (Å²) in [5, 5.41) is 0. The number of nitrogens with two attached hydrogens (primary N) is 1. The van der Waals surface area contributed by atoms with E-state index in [0.717, 1.165) is 5.56 Å². The third-order valence-electron chi connectivity index (χ3n) is 2.93. The molecule has 0 saturated heterocycles. The molecule has 0 bridgehead atoms. The van der Waals surface area contributed by atoms with Crippen LogP contribution in [0.4, 0.5) is 15.8 Å². The number of hydrogen-bond donors (Lipinski definition) is 2. The van der Waals surface area contributed by atoms with E-state index in [1.54, 1.807) is 26.0 Å². The smallest absolute Gasteiger partial charge is 0.262 e. The molecule has 0 amide bonds. The zero-order valence-electron chi connectivity index (χ0n) is 11.1. The van der Waals surface area contributed by atoms with Crippen molar-refractivity contribution in [2.45, 2.75) is 18.7 Å². The lowest BCUT2D eigenvalue weighted by Gasteiger charge is -2.10. The Morgan fingerprint density at radius 2 is 1.80 bits per heavy atom. The molecular formula is C14H15FN2O2S. The number of aryl methyl sites for hydroxylation is 2. The van der Waals surface area contributed by atoms with E-state index < -0.39 is 15.8 Å². The van der Waals surface area contributed by atoms with E-state index >= 15 is 0 Å². The van der Waals surface area contributed by atoms with Gasteiger partial charge in [0.1, 0.15) is 5.82 Å². The zero-order chi connectivity index (χ0) is 14.9. The normalized spacial score (nSPS) is 11.3. The second-order valence-electron chi connectivity index (χ2n) is 4.61. The first-order valence-corrected chi connectivity index (χ1v) is 7.43. The second-order valence-corrected chi connectivity index (χ2v) is 6.29. The molecule has 0 aliphatic carbocycles. The number of anilines is 2. The first kappa shape index (κ1) is 14.3. The topological polar surface area (TPSA) is 72.2 Å². The summed E-state index contributed by atoms with van der Waals surface area (Å²) in [4.78, 5) is 0.000532. The van der Waals surface area contributed by atoms with Crippen molar-refractivity contribution in [2.75, 3.05) is 10.5 Å². The third-order valence-corrected chi connectivity index (χ3v) is 4.29. The summed E-state index contributed by atoms with van der Waals surface area (Å²) < 4.78 is 40.2. The number of nitrogens with one attached hydrogen (secondary N) is 1. The van der Waals surface area contributed by atoms with E-state index in [1.807, 2.05) is 0 Å². The van der Waals surface area contributed by atoms with Gasteiger partial charge in [0.05, 0.1) is 10.6 Å². The lowest BCUT2D eigenvalue weighted by Crippen LogP contribution is -2.14. The highest BCUT2D eigenvalue weighted by Crippen LogP contribution is 2.22. The Bertz CT molecular complexity index is 758. The molecule has 2 rings (SSSR count). The summed E-state index contributed by atoms with van der Waals surface area (Å²) in [7, 11) is -3.86. The predicted octanol–water partition coefficient (Wildman–Crippen LogP) is 2.83. The monoisotopic (exact) mass is 294 g/mol. The molecule has 2 aromatic rings. The number of halogens is 1. The minimum Gasteiger partial charge on any atom is -0.398 e. The van der Waals surface area contributed by atoms with E-state index in [-0.39, 0.29) is 10.6 Å². The van der Waals surface area contributed by atoms with Crippen molar-refractivity contribution in [1.82, 2.24) is 0 Å². The van der Waals surface area contributed by atoms with Crippen molar-refractivity contribution >= 4 is 21.4 Å². The van der Waals surface area contributed by atoms with Crippen LogP contribution in [0.2, 0.25) is 0 Å². The van der Waals surface area contributed by atoms with Crippen LogP contribution in [0.25, 0.3) is 0 Å². The Morgan fingerprint density at radius 1 is 1.10 bits per heavy atom. The molecule has 6 heteroatoms. The van der Waals surface area contributed by atoms with Gasteiger partial charge in [-0.2, -0.15) is 0 Å². The van der Waals surface area contributed by atoms with Gasteiger partial charge in [0.15, 0.2) is 0 Å². The third kappa shape index (κ3) is 2.91. The van der Waals surface area contributed by atoms with Gasteiger partial charge in [0.2, 0.25) is 0 Å². The molecule has 3 N–H and O–H groups in total. The van der Waals surface area contributed by atoms with Crippen LogP contribution in [0.5, 0.6) is 0 Å². The van der Waals surface area contributed by atoms with E-state index in [1.165, 1.54) is 24.3 Å². The first-order chi connectivity index (χ1) is 9.29. The summed E-state index contributed by atoms with van der Waals surface area (Å²) in [6, 6.07) is 8.67. The van der Waals surface area contributed by atoms with Crippen molar-refractivity contribution < 1.29 is 12.8 Å². The molecule has 4 nitrogen and oxygen atoms in total. The van der Waals surface area contributed by atoms with Gasteiger partial charge in [0, 0.05) is 5.69 Å². The van der Waals surface area contributed by atoms with Crippen LogP contribution in [0, 0.1) is 19.7 Å². The summed E-state index contributed by atoms with van der Waals surface area (Å²) in [5.74, 6) is -0.617. The van der Waals surface area contributed by atoms with Crippen molar-refractivity contribution in [3.05, 3.63) is 53.3 Å². The fourth-order valence-electron chi connectivity index (χ4n) is 1.69. The Hall–Kier alpha value is -2.08. The molecular weight excluding hydrogens is 279 g/mol. The lowest BCUT2D eigenvalue weighted by molar-refractivity contribution is 0.598. The standard InChI is InChI=1S/C14H15FN2O2S/c1-9-3-6-14(12(15)7-9)17-20(18,19)11-5-4-10(2)13(16)8-11/h3-8,17H,16H2,1-2H3. The van der Waals surface area contributed by atoms with Gasteiger partial charge in [-0.1, -0.05) is 12.1 Å². The van der Waals surface area contributed by atoms with Crippen LogP contribution < -0.4 is 10.5 Å². The summed E-state index contributed by atoms with van der Waals surface area (Å²) in [6.07, 6.45) is 0. The predicted molar refractivity (Wildman–Crippen MR) is 77.5 cm³/mol. The summed E-state index contributed by atoms with van der Waals surface area (Å²) in [6.45, 7) is 3.50. The van der Waals surface area contributed by atoms with Crippen LogP contribution >= 0.6 is 0 Å². The van der Waals surface area contributed by atoms with E-state index in [4.69, 9.17) is 5.73 Å². The molecule has 0 aliphatic heterocycles. The molecule has 106 valence electrons.